The molecule has 27 heavy (non-hydrogen) atoms. The summed E-state index contributed by atoms with van der Waals surface area (Å²) < 4.78 is 35.8. The molecule has 3 heterocycles. The summed E-state index contributed by atoms with van der Waals surface area (Å²) in [4.78, 5) is 27.1. The molecule has 1 saturated heterocycles. The zero-order valence-corrected chi connectivity index (χ0v) is 15.7. The number of urea groups is 1. The summed E-state index contributed by atoms with van der Waals surface area (Å²) >= 11 is 1.32. The molecule has 2 atom stereocenters. The van der Waals surface area contributed by atoms with E-state index in [-0.39, 0.29) is 6.54 Å². The van der Waals surface area contributed by atoms with E-state index in [2.05, 4.69) is 4.28 Å². The average molecular weight is 409 g/mol. The van der Waals surface area contributed by atoms with Crippen LogP contribution in [0.3, 0.4) is 0 Å². The molecule has 3 N–H and O–H groups in total. The van der Waals surface area contributed by atoms with E-state index in [1.54, 1.807) is 6.07 Å². The van der Waals surface area contributed by atoms with Crippen molar-refractivity contribution in [2.75, 3.05) is 6.54 Å². The fourth-order valence-corrected chi connectivity index (χ4v) is 5.32. The molecule has 0 spiro atoms. The second kappa shape index (κ2) is 6.02. The Hall–Kier alpha value is -2.47. The first-order valence-corrected chi connectivity index (χ1v) is 10.1. The number of primary amides is 1. The molecule has 4 rings (SSSR count). The lowest BCUT2D eigenvalue weighted by atomic mass is 9.97. The maximum atomic E-state index is 12.5. The maximum Gasteiger partial charge on any atom is 0.418 e. The lowest BCUT2D eigenvalue weighted by Gasteiger charge is -2.27. The Morgan fingerprint density at radius 2 is 2.07 bits per heavy atom. The predicted octanol–water partition coefficient (Wildman–Crippen LogP) is 1.78. The van der Waals surface area contributed by atoms with E-state index in [9.17, 15) is 18.0 Å². The Balaban J connectivity index is 1.86. The highest BCUT2D eigenvalue weighted by Gasteiger charge is 2.52. The number of rotatable bonds is 4. The first kappa shape index (κ1) is 17.9. The van der Waals surface area contributed by atoms with Gasteiger partial charge in [-0.15, -0.1) is 15.6 Å². The highest BCUT2D eigenvalue weighted by molar-refractivity contribution is 7.80. The molecule has 1 aromatic heterocycles. The van der Waals surface area contributed by atoms with Crippen LogP contribution in [0.2, 0.25) is 0 Å². The van der Waals surface area contributed by atoms with Crippen LogP contribution in [0.4, 0.5) is 4.79 Å². The summed E-state index contributed by atoms with van der Waals surface area (Å²) in [5, 5.41) is 0.575. The van der Waals surface area contributed by atoms with Crippen LogP contribution in [0.25, 0.3) is 10.4 Å². The topological polar surface area (TPSA) is 130 Å². The Labute approximate surface area is 158 Å². The van der Waals surface area contributed by atoms with E-state index in [4.69, 9.17) is 10.3 Å². The van der Waals surface area contributed by atoms with Gasteiger partial charge in [-0.05, 0) is 29.7 Å². The van der Waals surface area contributed by atoms with Crippen LogP contribution in [0.15, 0.2) is 30.3 Å². The number of hydrogen-bond donors (Lipinski definition) is 2. The van der Waals surface area contributed by atoms with E-state index in [1.807, 2.05) is 31.2 Å². The van der Waals surface area contributed by atoms with Gasteiger partial charge >= 0.3 is 16.4 Å². The smallest absolute Gasteiger partial charge is 0.368 e. The quantitative estimate of drug-likeness (QED) is 0.740. The molecule has 0 unspecified atom stereocenters. The summed E-state index contributed by atoms with van der Waals surface area (Å²) in [5.41, 5.74) is 8.09. The number of hydrogen-bond acceptors (Lipinski definition) is 6. The molecule has 0 aliphatic carbocycles. The maximum absolute atomic E-state index is 12.5. The normalized spacial score (nSPS) is 21.5. The van der Waals surface area contributed by atoms with E-state index in [0.29, 0.717) is 15.5 Å². The van der Waals surface area contributed by atoms with E-state index in [1.165, 1.54) is 11.3 Å². The molecular formula is C16H15N3O6S2. The minimum Gasteiger partial charge on any atom is -0.368 e. The number of nitrogens with two attached hydrogens (primary N) is 1. The first-order chi connectivity index (χ1) is 12.7. The van der Waals surface area contributed by atoms with Gasteiger partial charge in [0, 0.05) is 9.75 Å². The zero-order chi connectivity index (χ0) is 19.5. The van der Waals surface area contributed by atoms with Crippen LogP contribution >= 0.6 is 11.3 Å². The minimum absolute atomic E-state index is 0.0267. The van der Waals surface area contributed by atoms with Crippen molar-refractivity contribution in [3.8, 4) is 10.4 Å². The SMILES string of the molecule is Cc1ccccc1-c1cc2c(s1)[C@@H](C(N)=O)N1C[C@@H]2N(OS(=O)(=O)O)C1=O. The lowest BCUT2D eigenvalue weighted by molar-refractivity contribution is -0.122. The molecule has 2 aromatic rings. The molecular weight excluding hydrogens is 394 g/mol. The standard InChI is InChI=1S/C16H15N3O6S2/c1-8-4-2-3-5-9(8)12-6-10-11-7-18(13(15(17)20)14(10)26-12)16(21)19(11)25-27(22,23)24/h2-6,11,13H,7H2,1H3,(H2,17,20)(H,22,23,24)/t11-,13-/m0/s1. The van der Waals surface area contributed by atoms with E-state index < -0.39 is 34.4 Å². The number of aryl methyl sites for hydroxylation is 1. The molecule has 142 valence electrons. The molecule has 3 amide bonds. The molecule has 2 bridgehead atoms. The number of hydroxylamine groups is 2. The molecule has 1 fully saturated rings. The molecule has 0 radical (unpaired) electrons. The van der Waals surface area contributed by atoms with Crippen molar-refractivity contribution >= 4 is 33.7 Å². The van der Waals surface area contributed by atoms with Gasteiger partial charge in [0.15, 0.2) is 0 Å². The van der Waals surface area contributed by atoms with Gasteiger partial charge in [-0.25, -0.2) is 4.79 Å². The van der Waals surface area contributed by atoms with Crippen molar-refractivity contribution in [1.29, 1.82) is 0 Å². The molecule has 2 aliphatic rings. The lowest BCUT2D eigenvalue weighted by Crippen LogP contribution is -2.41. The first-order valence-electron chi connectivity index (χ1n) is 7.93. The van der Waals surface area contributed by atoms with Crippen molar-refractivity contribution in [3.63, 3.8) is 0 Å². The van der Waals surface area contributed by atoms with Crippen molar-refractivity contribution < 1.29 is 26.8 Å². The number of thiophene rings is 1. The summed E-state index contributed by atoms with van der Waals surface area (Å²) in [6.07, 6.45) is 0. The summed E-state index contributed by atoms with van der Waals surface area (Å²) in [6, 6.07) is 6.84. The summed E-state index contributed by atoms with van der Waals surface area (Å²) in [5.74, 6) is -0.727. The number of nitrogens with zero attached hydrogens (tertiary/aromatic N) is 2. The number of carbonyl (C=O) groups is 2. The predicted molar refractivity (Wildman–Crippen MR) is 95.7 cm³/mol. The largest absolute Gasteiger partial charge is 0.418 e. The summed E-state index contributed by atoms with van der Waals surface area (Å²) in [7, 11) is -4.91. The fourth-order valence-electron chi connectivity index (χ4n) is 3.52. The van der Waals surface area contributed by atoms with E-state index >= 15 is 0 Å². The highest BCUT2D eigenvalue weighted by atomic mass is 32.3. The van der Waals surface area contributed by atoms with Gasteiger partial charge in [0.25, 0.3) is 0 Å². The van der Waals surface area contributed by atoms with Crippen LogP contribution in [-0.4, -0.2) is 41.4 Å². The van der Waals surface area contributed by atoms with Gasteiger partial charge in [0.1, 0.15) is 12.1 Å². The molecule has 1 aromatic carbocycles. The van der Waals surface area contributed by atoms with Gasteiger partial charge in [-0.3, -0.25) is 9.35 Å². The third kappa shape index (κ3) is 2.88. The third-order valence-corrected chi connectivity index (χ3v) is 6.24. The van der Waals surface area contributed by atoms with Crippen LogP contribution in [0.1, 0.15) is 28.1 Å². The molecule has 11 heteroatoms. The molecule has 2 aliphatic heterocycles. The summed E-state index contributed by atoms with van der Waals surface area (Å²) in [6.45, 7) is 1.98. The number of benzene rings is 1. The third-order valence-electron chi connectivity index (χ3n) is 4.65. The van der Waals surface area contributed by atoms with Gasteiger partial charge in [-0.2, -0.15) is 13.5 Å². The Kier molecular flexibility index (Phi) is 4.00. The Bertz CT molecular complexity index is 1060. The van der Waals surface area contributed by atoms with Crippen LogP contribution in [0, 0.1) is 6.92 Å². The van der Waals surface area contributed by atoms with Gasteiger partial charge in [0.05, 0.1) is 6.54 Å². The monoisotopic (exact) mass is 409 g/mol. The Morgan fingerprint density at radius 3 is 2.70 bits per heavy atom. The second-order valence-corrected chi connectivity index (χ2v) is 8.42. The van der Waals surface area contributed by atoms with Gasteiger partial charge in [0.2, 0.25) is 5.91 Å². The van der Waals surface area contributed by atoms with Crippen LogP contribution in [-0.2, 0) is 19.5 Å². The van der Waals surface area contributed by atoms with Crippen molar-refractivity contribution in [3.05, 3.63) is 46.3 Å². The average Bonchev–Trinajstić information content (AvgIpc) is 3.11. The van der Waals surface area contributed by atoms with Crippen LogP contribution < -0.4 is 5.73 Å². The highest BCUT2D eigenvalue weighted by Crippen LogP contribution is 2.49. The second-order valence-electron chi connectivity index (χ2n) is 6.33. The van der Waals surface area contributed by atoms with Gasteiger partial charge < -0.3 is 10.6 Å². The van der Waals surface area contributed by atoms with Crippen LogP contribution in [0.5, 0.6) is 0 Å². The number of carbonyl (C=O) groups excluding carboxylic acids is 2. The molecule has 9 nitrogen and oxygen atoms in total. The van der Waals surface area contributed by atoms with Crippen molar-refractivity contribution in [2.45, 2.75) is 19.0 Å². The van der Waals surface area contributed by atoms with E-state index in [0.717, 1.165) is 20.9 Å². The van der Waals surface area contributed by atoms with Crippen molar-refractivity contribution in [1.82, 2.24) is 9.96 Å². The fraction of sp³-hybridized carbons (Fsp3) is 0.250. The minimum atomic E-state index is -4.91. The van der Waals surface area contributed by atoms with Crippen molar-refractivity contribution in [2.24, 2.45) is 5.73 Å². The zero-order valence-electron chi connectivity index (χ0n) is 14.0. The number of amides is 3. The Morgan fingerprint density at radius 1 is 1.37 bits per heavy atom. The van der Waals surface area contributed by atoms with Gasteiger partial charge in [-0.1, -0.05) is 24.3 Å². The molecule has 0 saturated carbocycles. The number of fused-ring (bicyclic) bond motifs is 4.